The van der Waals surface area contributed by atoms with Gasteiger partial charge >= 0.3 is 6.09 Å². The Balaban J connectivity index is 2.31. The highest BCUT2D eigenvalue weighted by Crippen LogP contribution is 2.24. The molecule has 0 spiro atoms. The van der Waals surface area contributed by atoms with Crippen LogP contribution in [0.15, 0.2) is 0 Å². The smallest absolute Gasteiger partial charge is 0.407 e. The third-order valence-corrected chi connectivity index (χ3v) is 5.57. The van der Waals surface area contributed by atoms with Crippen LogP contribution in [-0.2, 0) is 14.8 Å². The van der Waals surface area contributed by atoms with Crippen molar-refractivity contribution in [1.82, 2.24) is 10.0 Å². The quantitative estimate of drug-likeness (QED) is 0.808. The minimum atomic E-state index is -3.19. The van der Waals surface area contributed by atoms with Crippen LogP contribution in [0.1, 0.15) is 60.3 Å². The van der Waals surface area contributed by atoms with Crippen LogP contribution >= 0.6 is 0 Å². The van der Waals surface area contributed by atoms with Crippen LogP contribution in [0.3, 0.4) is 0 Å². The number of carbonyl (C=O) groups is 1. The summed E-state index contributed by atoms with van der Waals surface area (Å²) in [7, 11) is -3.19. The summed E-state index contributed by atoms with van der Waals surface area (Å²) in [4.78, 5) is 11.7. The van der Waals surface area contributed by atoms with Gasteiger partial charge in [-0.05, 0) is 66.2 Å². The molecule has 0 saturated heterocycles. The summed E-state index contributed by atoms with van der Waals surface area (Å²) in [5, 5.41) is 2.48. The van der Waals surface area contributed by atoms with E-state index in [1.807, 2.05) is 20.8 Å². The zero-order valence-electron chi connectivity index (χ0n) is 14.3. The number of hydrogen-bond donors (Lipinski definition) is 2. The Hall–Kier alpha value is -0.820. The molecule has 0 unspecified atom stereocenters. The third kappa shape index (κ3) is 6.96. The zero-order chi connectivity index (χ0) is 17.0. The van der Waals surface area contributed by atoms with Crippen molar-refractivity contribution in [1.29, 1.82) is 0 Å². The standard InChI is InChI=1S/C15H30N2O4S/c1-11(2)22(19,20)16-10-12-6-8-13(9-7-12)17-14(18)21-15(3,4)5/h11-13,16H,6-10H2,1-5H3,(H,17,18). The van der Waals surface area contributed by atoms with Crippen LogP contribution in [0, 0.1) is 5.92 Å². The van der Waals surface area contributed by atoms with Crippen molar-refractivity contribution < 1.29 is 17.9 Å². The fourth-order valence-corrected chi connectivity index (χ4v) is 3.19. The largest absolute Gasteiger partial charge is 0.444 e. The number of nitrogens with one attached hydrogen (secondary N) is 2. The Labute approximate surface area is 134 Å². The van der Waals surface area contributed by atoms with E-state index in [2.05, 4.69) is 10.0 Å². The average molecular weight is 334 g/mol. The average Bonchev–Trinajstić information content (AvgIpc) is 2.35. The highest BCUT2D eigenvalue weighted by atomic mass is 32.2. The molecule has 1 saturated carbocycles. The molecule has 0 aromatic carbocycles. The topological polar surface area (TPSA) is 84.5 Å². The van der Waals surface area contributed by atoms with Gasteiger partial charge in [0.1, 0.15) is 5.60 Å². The fourth-order valence-electron chi connectivity index (χ4n) is 2.39. The van der Waals surface area contributed by atoms with Crippen LogP contribution in [0.5, 0.6) is 0 Å². The summed E-state index contributed by atoms with van der Waals surface area (Å²) in [6, 6.07) is 0.118. The maximum absolute atomic E-state index is 11.7. The van der Waals surface area contributed by atoms with Gasteiger partial charge in [0.25, 0.3) is 0 Å². The molecule has 7 heteroatoms. The molecule has 0 heterocycles. The summed E-state index contributed by atoms with van der Waals surface area (Å²) in [6.45, 7) is 9.34. The molecule has 1 amide bonds. The lowest BCUT2D eigenvalue weighted by atomic mass is 9.86. The van der Waals surface area contributed by atoms with Gasteiger partial charge in [0.05, 0.1) is 5.25 Å². The minimum absolute atomic E-state index is 0.118. The molecule has 1 aliphatic carbocycles. The van der Waals surface area contributed by atoms with Crippen molar-refractivity contribution in [2.75, 3.05) is 6.54 Å². The van der Waals surface area contributed by atoms with E-state index in [0.29, 0.717) is 12.5 Å². The van der Waals surface area contributed by atoms with Crippen LogP contribution in [-0.4, -0.2) is 37.9 Å². The molecule has 1 fully saturated rings. The molecule has 130 valence electrons. The summed E-state index contributed by atoms with van der Waals surface area (Å²) in [6.07, 6.45) is 3.14. The first-order chi connectivity index (χ1) is 9.99. The van der Waals surface area contributed by atoms with Crippen LogP contribution in [0.25, 0.3) is 0 Å². The van der Waals surface area contributed by atoms with Crippen LogP contribution in [0.4, 0.5) is 4.79 Å². The monoisotopic (exact) mass is 334 g/mol. The van der Waals surface area contributed by atoms with E-state index >= 15 is 0 Å². The molecule has 0 aliphatic heterocycles. The second-order valence-corrected chi connectivity index (χ2v) is 9.63. The summed E-state index contributed by atoms with van der Waals surface area (Å²) in [5.41, 5.74) is -0.490. The summed E-state index contributed by atoms with van der Waals surface area (Å²) >= 11 is 0. The Morgan fingerprint density at radius 1 is 1.18 bits per heavy atom. The second kappa shape index (κ2) is 7.64. The Morgan fingerprint density at radius 3 is 2.18 bits per heavy atom. The number of sulfonamides is 1. The van der Waals surface area contributed by atoms with Crippen LogP contribution in [0.2, 0.25) is 0 Å². The first kappa shape index (κ1) is 19.2. The van der Waals surface area contributed by atoms with E-state index < -0.39 is 20.9 Å². The minimum Gasteiger partial charge on any atom is -0.444 e. The van der Waals surface area contributed by atoms with Crippen molar-refractivity contribution in [3.63, 3.8) is 0 Å². The van der Waals surface area contributed by atoms with Crippen molar-refractivity contribution in [3.8, 4) is 0 Å². The first-order valence-electron chi connectivity index (χ1n) is 7.97. The molecule has 0 aromatic heterocycles. The molecule has 1 aliphatic rings. The van der Waals surface area contributed by atoms with E-state index in [9.17, 15) is 13.2 Å². The predicted octanol–water partition coefficient (Wildman–Crippen LogP) is 2.40. The molecule has 0 atom stereocenters. The van der Waals surface area contributed by atoms with Crippen molar-refractivity contribution >= 4 is 16.1 Å². The lowest BCUT2D eigenvalue weighted by Crippen LogP contribution is -2.42. The first-order valence-corrected chi connectivity index (χ1v) is 9.52. The highest BCUT2D eigenvalue weighted by molar-refractivity contribution is 7.90. The van der Waals surface area contributed by atoms with Gasteiger partial charge in [-0.15, -0.1) is 0 Å². The van der Waals surface area contributed by atoms with Gasteiger partial charge < -0.3 is 10.1 Å². The number of ether oxygens (including phenoxy) is 1. The maximum atomic E-state index is 11.7. The Morgan fingerprint density at radius 2 is 1.73 bits per heavy atom. The Bertz CT molecular complexity index is 460. The van der Waals surface area contributed by atoms with Gasteiger partial charge in [0.2, 0.25) is 10.0 Å². The molecule has 6 nitrogen and oxygen atoms in total. The molecule has 2 N–H and O–H groups in total. The van der Waals surface area contributed by atoms with Crippen molar-refractivity contribution in [2.24, 2.45) is 5.92 Å². The molecule has 0 radical (unpaired) electrons. The highest BCUT2D eigenvalue weighted by Gasteiger charge is 2.26. The fraction of sp³-hybridized carbons (Fsp3) is 0.933. The van der Waals surface area contributed by atoms with E-state index in [-0.39, 0.29) is 12.1 Å². The number of rotatable bonds is 5. The van der Waals surface area contributed by atoms with Gasteiger partial charge in [0.15, 0.2) is 0 Å². The van der Waals surface area contributed by atoms with E-state index in [0.717, 1.165) is 25.7 Å². The summed E-state index contributed by atoms with van der Waals surface area (Å²) in [5.74, 6) is 0.338. The van der Waals surface area contributed by atoms with Crippen molar-refractivity contribution in [3.05, 3.63) is 0 Å². The molecule has 0 bridgehead atoms. The number of carbonyl (C=O) groups excluding carboxylic acids is 1. The molecular weight excluding hydrogens is 304 g/mol. The van der Waals surface area contributed by atoms with E-state index in [4.69, 9.17) is 4.74 Å². The normalized spacial score (nSPS) is 23.4. The maximum Gasteiger partial charge on any atom is 0.407 e. The van der Waals surface area contributed by atoms with Crippen LogP contribution < -0.4 is 10.0 Å². The molecule has 22 heavy (non-hydrogen) atoms. The lowest BCUT2D eigenvalue weighted by Gasteiger charge is -2.30. The Kier molecular flexibility index (Phi) is 6.67. The van der Waals surface area contributed by atoms with Gasteiger partial charge in [-0.3, -0.25) is 0 Å². The second-order valence-electron chi connectivity index (χ2n) is 7.31. The SMILES string of the molecule is CC(C)S(=O)(=O)NCC1CCC(NC(=O)OC(C)(C)C)CC1. The predicted molar refractivity (Wildman–Crippen MR) is 87.2 cm³/mol. The van der Waals surface area contributed by atoms with Crippen molar-refractivity contribution in [2.45, 2.75) is 77.2 Å². The molecular formula is C15H30N2O4S. The van der Waals surface area contributed by atoms with Gasteiger partial charge in [-0.1, -0.05) is 0 Å². The lowest BCUT2D eigenvalue weighted by molar-refractivity contribution is 0.0487. The number of hydrogen-bond acceptors (Lipinski definition) is 4. The third-order valence-electron chi connectivity index (χ3n) is 3.76. The van der Waals surface area contributed by atoms with E-state index in [1.54, 1.807) is 13.8 Å². The zero-order valence-corrected chi connectivity index (χ0v) is 15.1. The van der Waals surface area contributed by atoms with E-state index in [1.165, 1.54) is 0 Å². The van der Waals surface area contributed by atoms with Gasteiger partial charge in [-0.2, -0.15) is 0 Å². The van der Waals surface area contributed by atoms with Gasteiger partial charge in [0, 0.05) is 12.6 Å². The molecule has 1 rings (SSSR count). The number of amides is 1. The number of alkyl carbamates (subject to hydrolysis) is 1. The van der Waals surface area contributed by atoms with Gasteiger partial charge in [-0.25, -0.2) is 17.9 Å². The molecule has 0 aromatic rings. The summed E-state index contributed by atoms with van der Waals surface area (Å²) < 4.78 is 31.4.